The third kappa shape index (κ3) is 1.83. The van der Waals surface area contributed by atoms with Crippen LogP contribution in [-0.2, 0) is 6.54 Å². The molecule has 2 heterocycles. The van der Waals surface area contributed by atoms with Crippen molar-refractivity contribution in [3.05, 3.63) is 46.4 Å². The van der Waals surface area contributed by atoms with Crippen LogP contribution < -0.4 is 5.73 Å². The van der Waals surface area contributed by atoms with Crippen LogP contribution in [0.25, 0.3) is 0 Å². The maximum atomic E-state index is 10.5. The number of hydrogen-bond acceptors (Lipinski definition) is 5. The Morgan fingerprint density at radius 1 is 1.50 bits per heavy atom. The van der Waals surface area contributed by atoms with E-state index in [0.717, 1.165) is 11.8 Å². The van der Waals surface area contributed by atoms with Gasteiger partial charge in [0.15, 0.2) is 0 Å². The first-order chi connectivity index (χ1) is 7.68. The van der Waals surface area contributed by atoms with Gasteiger partial charge < -0.3 is 5.73 Å². The van der Waals surface area contributed by atoms with Gasteiger partial charge in [0.2, 0.25) is 5.82 Å². The van der Waals surface area contributed by atoms with E-state index in [1.807, 2.05) is 6.07 Å². The van der Waals surface area contributed by atoms with Crippen LogP contribution in [0.1, 0.15) is 5.56 Å². The number of nitrogens with zero attached hydrogens (tertiary/aromatic N) is 4. The van der Waals surface area contributed by atoms with Crippen molar-refractivity contribution >= 4 is 11.5 Å². The summed E-state index contributed by atoms with van der Waals surface area (Å²) < 4.78 is 1.37. The smallest absolute Gasteiger partial charge is 0.330 e. The van der Waals surface area contributed by atoms with Crippen molar-refractivity contribution < 1.29 is 4.92 Å². The normalized spacial score (nSPS) is 10.2. The summed E-state index contributed by atoms with van der Waals surface area (Å²) in [5.41, 5.74) is 6.30. The van der Waals surface area contributed by atoms with Crippen molar-refractivity contribution in [3.63, 3.8) is 0 Å². The highest BCUT2D eigenvalue weighted by atomic mass is 16.6. The number of anilines is 1. The zero-order chi connectivity index (χ0) is 11.5. The van der Waals surface area contributed by atoms with E-state index in [2.05, 4.69) is 10.1 Å². The average Bonchev–Trinajstić information content (AvgIpc) is 2.62. The summed E-state index contributed by atoms with van der Waals surface area (Å²) >= 11 is 0. The van der Waals surface area contributed by atoms with Gasteiger partial charge >= 0.3 is 5.69 Å². The molecule has 0 aliphatic heterocycles. The van der Waals surface area contributed by atoms with E-state index < -0.39 is 4.92 Å². The van der Waals surface area contributed by atoms with Crippen molar-refractivity contribution in [3.8, 4) is 0 Å². The van der Waals surface area contributed by atoms with E-state index >= 15 is 0 Å². The Morgan fingerprint density at radius 3 is 2.88 bits per heavy atom. The van der Waals surface area contributed by atoms with Gasteiger partial charge in [0.05, 0.1) is 11.5 Å². The minimum Gasteiger partial charge on any atom is -0.378 e. The van der Waals surface area contributed by atoms with Crippen LogP contribution in [0.4, 0.5) is 11.5 Å². The van der Waals surface area contributed by atoms with Gasteiger partial charge in [-0.25, -0.2) is 4.68 Å². The highest BCUT2D eigenvalue weighted by Gasteiger charge is 2.17. The second kappa shape index (κ2) is 3.97. The Balaban J connectivity index is 2.26. The molecule has 16 heavy (non-hydrogen) atoms. The average molecular weight is 219 g/mol. The predicted octanol–water partition coefficient (Wildman–Crippen LogP) is 0.817. The lowest BCUT2D eigenvalue weighted by atomic mass is 10.3. The van der Waals surface area contributed by atoms with E-state index in [4.69, 9.17) is 5.73 Å². The minimum absolute atomic E-state index is 0.0499. The molecule has 2 aromatic rings. The lowest BCUT2D eigenvalue weighted by Crippen LogP contribution is -2.06. The molecular weight excluding hydrogens is 210 g/mol. The van der Waals surface area contributed by atoms with Gasteiger partial charge in [-0.05, 0) is 11.6 Å². The van der Waals surface area contributed by atoms with E-state index in [9.17, 15) is 10.1 Å². The topological polar surface area (TPSA) is 99.9 Å². The maximum absolute atomic E-state index is 10.5. The zero-order valence-corrected chi connectivity index (χ0v) is 8.28. The molecule has 0 amide bonds. The molecule has 0 atom stereocenters. The summed E-state index contributed by atoms with van der Waals surface area (Å²) in [5, 5.41) is 14.4. The molecule has 2 N–H and O–H groups in total. The molecule has 0 saturated heterocycles. The standard InChI is InChI=1S/C9H9N5O2/c10-9-8(14(15)16)5-12-13(9)6-7-2-1-3-11-4-7/h1-5H,6,10H2. The molecule has 0 saturated carbocycles. The van der Waals surface area contributed by atoms with Crippen LogP contribution >= 0.6 is 0 Å². The molecule has 0 unspecified atom stereocenters. The first kappa shape index (κ1) is 10.1. The molecule has 2 aromatic heterocycles. The van der Waals surface area contributed by atoms with Gasteiger partial charge in [0.25, 0.3) is 0 Å². The molecule has 0 bridgehead atoms. The van der Waals surface area contributed by atoms with E-state index in [1.54, 1.807) is 18.5 Å². The van der Waals surface area contributed by atoms with Crippen LogP contribution in [-0.4, -0.2) is 19.7 Å². The zero-order valence-electron chi connectivity index (χ0n) is 8.28. The predicted molar refractivity (Wildman–Crippen MR) is 56.6 cm³/mol. The molecule has 7 heteroatoms. The summed E-state index contributed by atoms with van der Waals surface area (Å²) in [6, 6.07) is 3.63. The Kier molecular flexibility index (Phi) is 2.50. The fourth-order valence-corrected chi connectivity index (χ4v) is 1.32. The number of pyridine rings is 1. The number of nitrogen functional groups attached to an aromatic ring is 1. The molecule has 82 valence electrons. The van der Waals surface area contributed by atoms with E-state index in [1.165, 1.54) is 4.68 Å². The number of nitrogens with two attached hydrogens (primary N) is 1. The van der Waals surface area contributed by atoms with Gasteiger partial charge in [0, 0.05) is 12.4 Å². The third-order valence-corrected chi connectivity index (χ3v) is 2.11. The minimum atomic E-state index is -0.553. The first-order valence-corrected chi connectivity index (χ1v) is 4.53. The Hall–Kier alpha value is -2.44. The van der Waals surface area contributed by atoms with Crippen molar-refractivity contribution in [2.45, 2.75) is 6.54 Å². The summed E-state index contributed by atoms with van der Waals surface area (Å²) in [4.78, 5) is 13.9. The number of rotatable bonds is 3. The van der Waals surface area contributed by atoms with Gasteiger partial charge in [-0.3, -0.25) is 15.1 Å². The van der Waals surface area contributed by atoms with Crippen LogP contribution in [0.5, 0.6) is 0 Å². The molecule has 0 aliphatic rings. The molecule has 7 nitrogen and oxygen atoms in total. The Labute approximate surface area is 90.7 Å². The third-order valence-electron chi connectivity index (χ3n) is 2.11. The highest BCUT2D eigenvalue weighted by molar-refractivity contribution is 5.51. The fourth-order valence-electron chi connectivity index (χ4n) is 1.32. The van der Waals surface area contributed by atoms with E-state index in [-0.39, 0.29) is 11.5 Å². The van der Waals surface area contributed by atoms with Crippen LogP contribution in [0.2, 0.25) is 0 Å². The SMILES string of the molecule is Nc1c([N+](=O)[O-])cnn1Cc1cccnc1. The monoisotopic (exact) mass is 219 g/mol. The molecule has 2 rings (SSSR count). The Morgan fingerprint density at radius 2 is 2.31 bits per heavy atom. The fraction of sp³-hybridized carbons (Fsp3) is 0.111. The number of aromatic nitrogens is 3. The number of nitro groups is 1. The summed E-state index contributed by atoms with van der Waals surface area (Å²) in [6.45, 7) is 0.369. The lowest BCUT2D eigenvalue weighted by Gasteiger charge is -2.02. The molecule has 0 aromatic carbocycles. The van der Waals surface area contributed by atoms with Crippen LogP contribution in [0, 0.1) is 10.1 Å². The van der Waals surface area contributed by atoms with E-state index in [0.29, 0.717) is 6.54 Å². The Bertz CT molecular complexity index is 508. The molecule has 0 fully saturated rings. The highest BCUT2D eigenvalue weighted by Crippen LogP contribution is 2.20. The van der Waals surface area contributed by atoms with Gasteiger partial charge in [-0.2, -0.15) is 5.10 Å². The van der Waals surface area contributed by atoms with Gasteiger partial charge in [-0.1, -0.05) is 6.07 Å². The first-order valence-electron chi connectivity index (χ1n) is 4.53. The summed E-state index contributed by atoms with van der Waals surface area (Å²) in [6.07, 6.45) is 4.46. The van der Waals surface area contributed by atoms with Crippen LogP contribution in [0.15, 0.2) is 30.7 Å². The van der Waals surface area contributed by atoms with Crippen LogP contribution in [0.3, 0.4) is 0 Å². The van der Waals surface area contributed by atoms with Crippen molar-refractivity contribution in [2.24, 2.45) is 0 Å². The second-order valence-corrected chi connectivity index (χ2v) is 3.19. The van der Waals surface area contributed by atoms with Gasteiger partial charge in [-0.15, -0.1) is 0 Å². The largest absolute Gasteiger partial charge is 0.378 e. The second-order valence-electron chi connectivity index (χ2n) is 3.19. The van der Waals surface area contributed by atoms with Gasteiger partial charge in [0.1, 0.15) is 6.20 Å². The van der Waals surface area contributed by atoms with Crippen molar-refractivity contribution in [1.29, 1.82) is 0 Å². The molecular formula is C9H9N5O2. The van der Waals surface area contributed by atoms with Crippen molar-refractivity contribution in [2.75, 3.05) is 5.73 Å². The number of hydrogen-bond donors (Lipinski definition) is 1. The molecule has 0 radical (unpaired) electrons. The summed E-state index contributed by atoms with van der Waals surface area (Å²) in [7, 11) is 0. The molecule has 0 aliphatic carbocycles. The molecule has 0 spiro atoms. The quantitative estimate of drug-likeness (QED) is 0.608. The maximum Gasteiger partial charge on any atom is 0.330 e. The summed E-state index contributed by atoms with van der Waals surface area (Å²) in [5.74, 6) is 0.0499. The lowest BCUT2D eigenvalue weighted by molar-refractivity contribution is -0.384. The van der Waals surface area contributed by atoms with Crippen molar-refractivity contribution in [1.82, 2.24) is 14.8 Å².